The van der Waals surface area contributed by atoms with Crippen molar-refractivity contribution in [3.63, 3.8) is 0 Å². The molecule has 1 fully saturated rings. The molecule has 142 valence electrons. The summed E-state index contributed by atoms with van der Waals surface area (Å²) in [6, 6.07) is 2.78. The van der Waals surface area contributed by atoms with Crippen LogP contribution in [0.3, 0.4) is 0 Å². The highest BCUT2D eigenvalue weighted by Crippen LogP contribution is 2.39. The second kappa shape index (κ2) is 7.73. The predicted octanol–water partition coefficient (Wildman–Crippen LogP) is 1.49. The van der Waals surface area contributed by atoms with Crippen molar-refractivity contribution in [2.45, 2.75) is 49.9 Å². The molecule has 0 saturated heterocycles. The highest BCUT2D eigenvalue weighted by atomic mass is 32.2. The van der Waals surface area contributed by atoms with Crippen molar-refractivity contribution < 1.29 is 18.3 Å². The van der Waals surface area contributed by atoms with Crippen molar-refractivity contribution in [2.75, 3.05) is 7.11 Å². The summed E-state index contributed by atoms with van der Waals surface area (Å²) in [4.78, 5) is 4.14. The van der Waals surface area contributed by atoms with E-state index in [2.05, 4.69) is 14.8 Å². The molecule has 3 rings (SSSR count). The van der Waals surface area contributed by atoms with Gasteiger partial charge in [-0.2, -0.15) is 5.10 Å². The minimum absolute atomic E-state index is 0.00349. The van der Waals surface area contributed by atoms with Crippen molar-refractivity contribution in [3.05, 3.63) is 36.3 Å². The summed E-state index contributed by atoms with van der Waals surface area (Å²) in [6.45, 7) is 2.49. The number of nitrogens with one attached hydrogen (secondary N) is 1. The van der Waals surface area contributed by atoms with E-state index in [0.717, 1.165) is 6.42 Å². The zero-order valence-electron chi connectivity index (χ0n) is 14.9. The van der Waals surface area contributed by atoms with E-state index in [1.807, 2.05) is 6.92 Å². The summed E-state index contributed by atoms with van der Waals surface area (Å²) in [5.41, 5.74) is 0.714. The Morgan fingerprint density at radius 1 is 1.42 bits per heavy atom. The zero-order valence-corrected chi connectivity index (χ0v) is 15.7. The second-order valence-corrected chi connectivity index (χ2v) is 8.20. The Kier molecular flexibility index (Phi) is 5.59. The van der Waals surface area contributed by atoms with Gasteiger partial charge in [0.2, 0.25) is 0 Å². The lowest BCUT2D eigenvalue weighted by Gasteiger charge is -2.38. The van der Waals surface area contributed by atoms with E-state index in [1.165, 1.54) is 24.1 Å². The number of sulfonamides is 1. The molecule has 2 aromatic rings. The van der Waals surface area contributed by atoms with Gasteiger partial charge in [0.15, 0.2) is 5.03 Å². The fraction of sp³-hybridized carbons (Fsp3) is 0.529. The molecule has 9 heteroatoms. The lowest BCUT2D eigenvalue weighted by molar-refractivity contribution is 0.0279. The number of aliphatic hydroxyl groups is 1. The van der Waals surface area contributed by atoms with Gasteiger partial charge in [-0.15, -0.1) is 0 Å². The number of aliphatic hydroxyl groups excluding tert-OH is 1. The summed E-state index contributed by atoms with van der Waals surface area (Å²) < 4.78 is 35.4. The van der Waals surface area contributed by atoms with Gasteiger partial charge in [-0.1, -0.05) is 6.92 Å². The molecule has 0 bridgehead atoms. The summed E-state index contributed by atoms with van der Waals surface area (Å²) in [5.74, 6) is 0.554. The number of ether oxygens (including phenoxy) is 1. The topological polar surface area (TPSA) is 106 Å². The van der Waals surface area contributed by atoms with Gasteiger partial charge in [-0.25, -0.2) is 13.1 Å². The molecule has 0 radical (unpaired) electrons. The first-order chi connectivity index (χ1) is 12.4. The Hall–Kier alpha value is -1.97. The molecule has 1 aliphatic carbocycles. The molecule has 1 atom stereocenters. The molecule has 2 heterocycles. The number of hydrogen-bond acceptors (Lipinski definition) is 6. The van der Waals surface area contributed by atoms with Crippen LogP contribution in [0.5, 0.6) is 5.75 Å². The number of hydrogen-bond donors (Lipinski definition) is 2. The maximum absolute atomic E-state index is 13.0. The predicted molar refractivity (Wildman–Crippen MR) is 95.1 cm³/mol. The lowest BCUT2D eigenvalue weighted by atomic mass is 9.76. The summed E-state index contributed by atoms with van der Waals surface area (Å²) >= 11 is 0. The average molecular weight is 380 g/mol. The van der Waals surface area contributed by atoms with E-state index in [-0.39, 0.29) is 10.9 Å². The van der Waals surface area contributed by atoms with E-state index in [9.17, 15) is 13.5 Å². The quantitative estimate of drug-likeness (QED) is 0.719. The molecule has 1 aliphatic rings. The minimum Gasteiger partial charge on any atom is -0.495 e. The molecule has 1 unspecified atom stereocenters. The van der Waals surface area contributed by atoms with Crippen LogP contribution < -0.4 is 9.46 Å². The maximum atomic E-state index is 13.0. The SMILES string of the molecule is CCCn1nccc1S(=O)(=O)NC(c1cncc(OC)c1)C1CC(O)C1. The molecule has 26 heavy (non-hydrogen) atoms. The van der Waals surface area contributed by atoms with Crippen LogP contribution in [0.2, 0.25) is 0 Å². The van der Waals surface area contributed by atoms with E-state index in [0.29, 0.717) is 30.7 Å². The number of nitrogens with zero attached hydrogens (tertiary/aromatic N) is 3. The van der Waals surface area contributed by atoms with E-state index in [1.54, 1.807) is 18.5 Å². The minimum atomic E-state index is -3.78. The fourth-order valence-corrected chi connectivity index (χ4v) is 4.65. The Bertz CT molecular complexity index is 846. The van der Waals surface area contributed by atoms with Crippen LogP contribution in [0.25, 0.3) is 0 Å². The molecule has 0 aromatic carbocycles. The Morgan fingerprint density at radius 2 is 2.19 bits per heavy atom. The van der Waals surface area contributed by atoms with Gasteiger partial charge in [-0.05, 0) is 42.9 Å². The molecule has 0 amide bonds. The molecule has 8 nitrogen and oxygen atoms in total. The van der Waals surface area contributed by atoms with Crippen molar-refractivity contribution in [2.24, 2.45) is 5.92 Å². The van der Waals surface area contributed by atoms with Crippen LogP contribution >= 0.6 is 0 Å². The third-order valence-electron chi connectivity index (χ3n) is 4.62. The van der Waals surface area contributed by atoms with Crippen molar-refractivity contribution in [1.82, 2.24) is 19.5 Å². The van der Waals surface area contributed by atoms with Crippen LogP contribution in [0.1, 0.15) is 37.8 Å². The normalized spacial score (nSPS) is 21.2. The van der Waals surface area contributed by atoms with Crippen molar-refractivity contribution in [1.29, 1.82) is 0 Å². The van der Waals surface area contributed by atoms with Crippen LogP contribution in [-0.4, -0.2) is 41.5 Å². The number of aromatic nitrogens is 3. The monoisotopic (exact) mass is 380 g/mol. The number of methoxy groups -OCH3 is 1. The van der Waals surface area contributed by atoms with Gasteiger partial charge >= 0.3 is 0 Å². The van der Waals surface area contributed by atoms with Gasteiger partial charge in [0, 0.05) is 12.7 Å². The number of pyridine rings is 1. The van der Waals surface area contributed by atoms with Crippen LogP contribution in [0.15, 0.2) is 35.7 Å². The number of aryl methyl sites for hydroxylation is 1. The van der Waals surface area contributed by atoms with E-state index in [4.69, 9.17) is 4.74 Å². The van der Waals surface area contributed by atoms with E-state index < -0.39 is 22.2 Å². The van der Waals surface area contributed by atoms with Gasteiger partial charge in [0.25, 0.3) is 10.0 Å². The standard InChI is InChI=1S/C17H24N4O4S/c1-3-6-21-16(4-5-19-21)26(23,24)20-17(12-7-14(22)8-12)13-9-15(25-2)11-18-10-13/h4-5,9-12,14,17,20,22H,3,6-8H2,1-2H3. The average Bonchev–Trinajstić information content (AvgIpc) is 3.07. The Morgan fingerprint density at radius 3 is 2.85 bits per heavy atom. The molecule has 2 N–H and O–H groups in total. The van der Waals surface area contributed by atoms with E-state index >= 15 is 0 Å². The summed E-state index contributed by atoms with van der Waals surface area (Å²) in [6.07, 6.45) is 6.15. The van der Waals surface area contributed by atoms with Gasteiger partial charge in [-0.3, -0.25) is 9.67 Å². The second-order valence-electron chi connectivity index (χ2n) is 6.53. The lowest BCUT2D eigenvalue weighted by Crippen LogP contribution is -2.41. The molecule has 0 aliphatic heterocycles. The summed E-state index contributed by atoms with van der Waals surface area (Å²) in [5, 5.41) is 13.9. The Balaban J connectivity index is 1.91. The maximum Gasteiger partial charge on any atom is 0.258 e. The highest BCUT2D eigenvalue weighted by Gasteiger charge is 2.38. The first-order valence-corrected chi connectivity index (χ1v) is 10.1. The first kappa shape index (κ1) is 18.8. The largest absolute Gasteiger partial charge is 0.495 e. The highest BCUT2D eigenvalue weighted by molar-refractivity contribution is 7.89. The molecule has 2 aromatic heterocycles. The Labute approximate surface area is 153 Å². The molecule has 1 saturated carbocycles. The van der Waals surface area contributed by atoms with Crippen LogP contribution in [0, 0.1) is 5.92 Å². The third kappa shape index (κ3) is 3.89. The van der Waals surface area contributed by atoms with Gasteiger partial charge in [0.1, 0.15) is 5.75 Å². The van der Waals surface area contributed by atoms with Gasteiger partial charge in [0.05, 0.1) is 31.6 Å². The first-order valence-electron chi connectivity index (χ1n) is 8.65. The third-order valence-corrected chi connectivity index (χ3v) is 6.08. The van der Waals surface area contributed by atoms with Crippen LogP contribution in [-0.2, 0) is 16.6 Å². The van der Waals surface area contributed by atoms with Gasteiger partial charge < -0.3 is 9.84 Å². The van der Waals surface area contributed by atoms with Crippen molar-refractivity contribution >= 4 is 10.0 Å². The van der Waals surface area contributed by atoms with Crippen LogP contribution in [0.4, 0.5) is 0 Å². The smallest absolute Gasteiger partial charge is 0.258 e. The zero-order chi connectivity index (χ0) is 18.7. The van der Waals surface area contributed by atoms with Crippen molar-refractivity contribution in [3.8, 4) is 5.75 Å². The fourth-order valence-electron chi connectivity index (χ4n) is 3.21. The molecular weight excluding hydrogens is 356 g/mol. The summed E-state index contributed by atoms with van der Waals surface area (Å²) in [7, 11) is -2.24. The number of rotatable bonds is 8. The molecule has 0 spiro atoms. The molecular formula is C17H24N4O4S.